The molecule has 0 aliphatic carbocycles. The Bertz CT molecular complexity index is 317. The molecule has 0 aliphatic rings. The predicted octanol–water partition coefficient (Wildman–Crippen LogP) is 2.71. The average Bonchev–Trinajstić information content (AvgIpc) is 2.16. The summed E-state index contributed by atoms with van der Waals surface area (Å²) in [5.74, 6) is 0.581. The van der Waals surface area contributed by atoms with E-state index in [0.717, 1.165) is 17.9 Å². The van der Waals surface area contributed by atoms with Crippen molar-refractivity contribution in [3.05, 3.63) is 24.3 Å². The third-order valence-corrected chi connectivity index (χ3v) is 1.92. The number of rotatable bonds is 4. The molecule has 82 valence electrons. The third kappa shape index (κ3) is 4.49. The van der Waals surface area contributed by atoms with Crippen LogP contribution in [0.15, 0.2) is 24.3 Å². The Labute approximate surface area is 90.9 Å². The molecule has 0 aromatic heterocycles. The molecule has 2 N–H and O–H groups in total. The molecular formula is C12H18N2O. The monoisotopic (exact) mass is 206 g/mol. The smallest absolute Gasteiger partial charge is 0.221 e. The van der Waals surface area contributed by atoms with E-state index in [1.165, 1.54) is 6.92 Å². The highest BCUT2D eigenvalue weighted by Gasteiger charge is 1.97. The van der Waals surface area contributed by atoms with Crippen LogP contribution >= 0.6 is 0 Å². The fourth-order valence-corrected chi connectivity index (χ4v) is 1.20. The van der Waals surface area contributed by atoms with E-state index in [0.29, 0.717) is 5.92 Å². The summed E-state index contributed by atoms with van der Waals surface area (Å²) in [7, 11) is 0. The van der Waals surface area contributed by atoms with E-state index in [2.05, 4.69) is 24.5 Å². The van der Waals surface area contributed by atoms with Gasteiger partial charge in [-0.3, -0.25) is 4.79 Å². The van der Waals surface area contributed by atoms with E-state index in [1.54, 1.807) is 0 Å². The van der Waals surface area contributed by atoms with E-state index in [9.17, 15) is 4.79 Å². The molecule has 0 fully saturated rings. The van der Waals surface area contributed by atoms with Crippen molar-refractivity contribution in [2.75, 3.05) is 17.2 Å². The number of carbonyl (C=O) groups excluding carboxylic acids is 1. The number of carbonyl (C=O) groups is 1. The van der Waals surface area contributed by atoms with Crippen molar-refractivity contribution in [1.29, 1.82) is 0 Å². The maximum absolute atomic E-state index is 10.8. The van der Waals surface area contributed by atoms with Crippen molar-refractivity contribution >= 4 is 17.3 Å². The Kier molecular flexibility index (Phi) is 4.16. The lowest BCUT2D eigenvalue weighted by molar-refractivity contribution is -0.114. The molecule has 0 atom stereocenters. The molecule has 1 aromatic carbocycles. The molecular weight excluding hydrogens is 188 g/mol. The highest BCUT2D eigenvalue weighted by atomic mass is 16.1. The zero-order valence-electron chi connectivity index (χ0n) is 9.50. The third-order valence-electron chi connectivity index (χ3n) is 1.92. The number of amides is 1. The average molecular weight is 206 g/mol. The Morgan fingerprint density at radius 2 is 1.73 bits per heavy atom. The van der Waals surface area contributed by atoms with Crippen molar-refractivity contribution in [2.45, 2.75) is 20.8 Å². The van der Waals surface area contributed by atoms with Gasteiger partial charge in [0.15, 0.2) is 0 Å². The van der Waals surface area contributed by atoms with Gasteiger partial charge in [0.25, 0.3) is 0 Å². The van der Waals surface area contributed by atoms with Crippen molar-refractivity contribution < 1.29 is 4.79 Å². The van der Waals surface area contributed by atoms with Gasteiger partial charge in [-0.05, 0) is 30.2 Å². The molecule has 1 amide bonds. The van der Waals surface area contributed by atoms with Crippen LogP contribution in [-0.4, -0.2) is 12.5 Å². The molecule has 1 aromatic rings. The fraction of sp³-hybridized carbons (Fsp3) is 0.417. The maximum atomic E-state index is 10.8. The van der Waals surface area contributed by atoms with Crippen LogP contribution in [0.5, 0.6) is 0 Å². The molecule has 0 bridgehead atoms. The van der Waals surface area contributed by atoms with E-state index >= 15 is 0 Å². The van der Waals surface area contributed by atoms with Gasteiger partial charge < -0.3 is 10.6 Å². The molecule has 0 spiro atoms. The molecule has 3 nitrogen and oxygen atoms in total. The summed E-state index contributed by atoms with van der Waals surface area (Å²) in [6, 6.07) is 7.72. The van der Waals surface area contributed by atoms with E-state index < -0.39 is 0 Å². The van der Waals surface area contributed by atoms with Crippen molar-refractivity contribution in [3.63, 3.8) is 0 Å². The van der Waals surface area contributed by atoms with Gasteiger partial charge in [-0.25, -0.2) is 0 Å². The number of hydrogen-bond donors (Lipinski definition) is 2. The first kappa shape index (κ1) is 11.6. The molecule has 0 radical (unpaired) electrons. The summed E-state index contributed by atoms with van der Waals surface area (Å²) in [5, 5.41) is 6.04. The molecule has 0 heterocycles. The van der Waals surface area contributed by atoms with Gasteiger partial charge in [0, 0.05) is 24.8 Å². The lowest BCUT2D eigenvalue weighted by atomic mass is 10.2. The standard InChI is InChI=1S/C12H18N2O/c1-9(2)8-13-11-4-6-12(7-5-11)14-10(3)15/h4-7,9,13H,8H2,1-3H3,(H,14,15). The molecule has 15 heavy (non-hydrogen) atoms. The summed E-state index contributed by atoms with van der Waals surface area (Å²) in [4.78, 5) is 10.8. The molecule has 0 unspecified atom stereocenters. The van der Waals surface area contributed by atoms with Crippen LogP contribution in [0.1, 0.15) is 20.8 Å². The first-order valence-electron chi connectivity index (χ1n) is 5.19. The zero-order chi connectivity index (χ0) is 11.3. The van der Waals surface area contributed by atoms with Crippen LogP contribution in [0.3, 0.4) is 0 Å². The Hall–Kier alpha value is -1.51. The molecule has 1 rings (SSSR count). The Morgan fingerprint density at radius 3 is 2.20 bits per heavy atom. The second-order valence-electron chi connectivity index (χ2n) is 4.03. The van der Waals surface area contributed by atoms with Gasteiger partial charge in [0.05, 0.1) is 0 Å². The van der Waals surface area contributed by atoms with Gasteiger partial charge in [0.2, 0.25) is 5.91 Å². The molecule has 0 saturated carbocycles. The van der Waals surface area contributed by atoms with Crippen molar-refractivity contribution in [3.8, 4) is 0 Å². The minimum absolute atomic E-state index is 0.0436. The minimum Gasteiger partial charge on any atom is -0.385 e. The lowest BCUT2D eigenvalue weighted by Crippen LogP contribution is -2.08. The van der Waals surface area contributed by atoms with Gasteiger partial charge in [-0.15, -0.1) is 0 Å². The summed E-state index contributed by atoms with van der Waals surface area (Å²) >= 11 is 0. The number of anilines is 2. The molecule has 0 saturated heterocycles. The van der Waals surface area contributed by atoms with Crippen molar-refractivity contribution in [1.82, 2.24) is 0 Å². The quantitative estimate of drug-likeness (QED) is 0.795. The van der Waals surface area contributed by atoms with Gasteiger partial charge in [-0.2, -0.15) is 0 Å². The zero-order valence-corrected chi connectivity index (χ0v) is 9.50. The second kappa shape index (κ2) is 5.39. The largest absolute Gasteiger partial charge is 0.385 e. The van der Waals surface area contributed by atoms with Crippen LogP contribution in [-0.2, 0) is 4.79 Å². The second-order valence-corrected chi connectivity index (χ2v) is 4.03. The summed E-state index contributed by atoms with van der Waals surface area (Å²) < 4.78 is 0. The summed E-state index contributed by atoms with van der Waals surface area (Å²) in [6.45, 7) is 6.79. The minimum atomic E-state index is -0.0436. The molecule has 0 aliphatic heterocycles. The maximum Gasteiger partial charge on any atom is 0.221 e. The number of hydrogen-bond acceptors (Lipinski definition) is 2. The highest BCUT2D eigenvalue weighted by Crippen LogP contribution is 2.13. The van der Waals surface area contributed by atoms with Crippen LogP contribution in [0.2, 0.25) is 0 Å². The first-order valence-corrected chi connectivity index (χ1v) is 5.19. The van der Waals surface area contributed by atoms with Crippen LogP contribution in [0, 0.1) is 5.92 Å². The van der Waals surface area contributed by atoms with Gasteiger partial charge in [0.1, 0.15) is 0 Å². The van der Waals surface area contributed by atoms with Crippen LogP contribution < -0.4 is 10.6 Å². The summed E-state index contributed by atoms with van der Waals surface area (Å²) in [5.41, 5.74) is 1.91. The van der Waals surface area contributed by atoms with Crippen molar-refractivity contribution in [2.24, 2.45) is 5.92 Å². The number of benzene rings is 1. The normalized spacial score (nSPS) is 10.1. The SMILES string of the molecule is CC(=O)Nc1ccc(NCC(C)C)cc1. The fourth-order valence-electron chi connectivity index (χ4n) is 1.20. The Balaban J connectivity index is 2.52. The molecule has 3 heteroatoms. The van der Waals surface area contributed by atoms with Gasteiger partial charge >= 0.3 is 0 Å². The van der Waals surface area contributed by atoms with Crippen LogP contribution in [0.25, 0.3) is 0 Å². The van der Waals surface area contributed by atoms with E-state index in [1.807, 2.05) is 24.3 Å². The van der Waals surface area contributed by atoms with E-state index in [-0.39, 0.29) is 5.91 Å². The highest BCUT2D eigenvalue weighted by molar-refractivity contribution is 5.88. The van der Waals surface area contributed by atoms with E-state index in [4.69, 9.17) is 0 Å². The summed E-state index contributed by atoms with van der Waals surface area (Å²) in [6.07, 6.45) is 0. The van der Waals surface area contributed by atoms with Gasteiger partial charge in [-0.1, -0.05) is 13.8 Å². The van der Waals surface area contributed by atoms with Crippen LogP contribution in [0.4, 0.5) is 11.4 Å². The lowest BCUT2D eigenvalue weighted by Gasteiger charge is -2.09. The predicted molar refractivity (Wildman–Crippen MR) is 64.1 cm³/mol. The Morgan fingerprint density at radius 1 is 1.20 bits per heavy atom. The first-order chi connectivity index (χ1) is 7.08. The number of nitrogens with one attached hydrogen (secondary N) is 2. The topological polar surface area (TPSA) is 41.1 Å².